The summed E-state index contributed by atoms with van der Waals surface area (Å²) in [7, 11) is 0. The van der Waals surface area contributed by atoms with E-state index in [4.69, 9.17) is 4.74 Å². The van der Waals surface area contributed by atoms with Gasteiger partial charge in [-0.15, -0.1) is 11.3 Å². The van der Waals surface area contributed by atoms with Crippen LogP contribution < -0.4 is 4.74 Å². The van der Waals surface area contributed by atoms with Crippen molar-refractivity contribution in [3.8, 4) is 17.4 Å². The van der Waals surface area contributed by atoms with Crippen LogP contribution >= 0.6 is 11.3 Å². The van der Waals surface area contributed by atoms with Crippen LogP contribution in [0.1, 0.15) is 20.8 Å². The molecular formula is C15H15N3OS. The molecule has 0 aliphatic heterocycles. The van der Waals surface area contributed by atoms with E-state index >= 15 is 0 Å². The van der Waals surface area contributed by atoms with Crippen molar-refractivity contribution in [2.24, 2.45) is 0 Å². The Morgan fingerprint density at radius 3 is 2.65 bits per heavy atom. The minimum atomic E-state index is -0.301. The van der Waals surface area contributed by atoms with Gasteiger partial charge in [-0.05, 0) is 44.4 Å². The fraction of sp³-hybridized carbons (Fsp3) is 0.267. The molecular weight excluding hydrogens is 270 g/mol. The number of aromatic nitrogens is 3. The Bertz CT molecular complexity index is 732. The highest BCUT2D eigenvalue weighted by molar-refractivity contribution is 7.16. The van der Waals surface area contributed by atoms with Gasteiger partial charge in [-0.25, -0.2) is 4.98 Å². The monoisotopic (exact) mass is 285 g/mol. The van der Waals surface area contributed by atoms with Crippen molar-refractivity contribution in [3.05, 3.63) is 35.8 Å². The summed E-state index contributed by atoms with van der Waals surface area (Å²) >= 11 is 1.58. The van der Waals surface area contributed by atoms with Gasteiger partial charge in [-0.3, -0.25) is 4.98 Å². The molecule has 0 atom stereocenters. The second kappa shape index (κ2) is 4.83. The maximum Gasteiger partial charge on any atom is 0.226 e. The highest BCUT2D eigenvalue weighted by Gasteiger charge is 2.18. The molecule has 3 aromatic rings. The van der Waals surface area contributed by atoms with E-state index in [-0.39, 0.29) is 5.60 Å². The lowest BCUT2D eigenvalue weighted by atomic mass is 10.2. The van der Waals surface area contributed by atoms with Gasteiger partial charge < -0.3 is 4.74 Å². The SMILES string of the molecule is CC(C)(C)Oc1nc(-c2ccccn2)nc2sccc12. The molecule has 3 heterocycles. The maximum atomic E-state index is 5.96. The van der Waals surface area contributed by atoms with E-state index in [1.54, 1.807) is 17.5 Å². The first-order valence-electron chi connectivity index (χ1n) is 6.38. The van der Waals surface area contributed by atoms with E-state index in [0.717, 1.165) is 15.9 Å². The molecule has 5 heteroatoms. The summed E-state index contributed by atoms with van der Waals surface area (Å²) in [4.78, 5) is 14.3. The van der Waals surface area contributed by atoms with Crippen molar-refractivity contribution in [2.75, 3.05) is 0 Å². The first kappa shape index (κ1) is 13.0. The first-order chi connectivity index (χ1) is 9.53. The van der Waals surface area contributed by atoms with Crippen LogP contribution in [-0.2, 0) is 0 Å². The molecule has 0 fully saturated rings. The third-order valence-corrected chi connectivity index (χ3v) is 3.39. The number of fused-ring (bicyclic) bond motifs is 1. The van der Waals surface area contributed by atoms with Gasteiger partial charge in [0.25, 0.3) is 0 Å². The summed E-state index contributed by atoms with van der Waals surface area (Å²) < 4.78 is 5.96. The highest BCUT2D eigenvalue weighted by atomic mass is 32.1. The minimum Gasteiger partial charge on any atom is -0.471 e. The zero-order chi connectivity index (χ0) is 14.2. The Hall–Kier alpha value is -2.01. The molecule has 0 unspecified atom stereocenters. The van der Waals surface area contributed by atoms with Crippen molar-refractivity contribution < 1.29 is 4.74 Å². The fourth-order valence-electron chi connectivity index (χ4n) is 1.81. The van der Waals surface area contributed by atoms with Crippen LogP contribution in [0.3, 0.4) is 0 Å². The van der Waals surface area contributed by atoms with Crippen LogP contribution in [-0.4, -0.2) is 20.6 Å². The van der Waals surface area contributed by atoms with E-state index < -0.39 is 0 Å². The lowest BCUT2D eigenvalue weighted by molar-refractivity contribution is 0.126. The van der Waals surface area contributed by atoms with Crippen LogP contribution in [0.4, 0.5) is 0 Å². The molecule has 4 nitrogen and oxygen atoms in total. The topological polar surface area (TPSA) is 47.9 Å². The van der Waals surface area contributed by atoms with Crippen molar-refractivity contribution in [3.63, 3.8) is 0 Å². The molecule has 0 aromatic carbocycles. The van der Waals surface area contributed by atoms with Crippen LogP contribution in [0.25, 0.3) is 21.7 Å². The molecule has 102 valence electrons. The number of hydrogen-bond acceptors (Lipinski definition) is 5. The third kappa shape index (κ3) is 2.63. The molecule has 3 rings (SSSR count). The van der Waals surface area contributed by atoms with Crippen molar-refractivity contribution in [1.29, 1.82) is 0 Å². The second-order valence-electron chi connectivity index (χ2n) is 5.42. The van der Waals surface area contributed by atoms with Gasteiger partial charge >= 0.3 is 0 Å². The van der Waals surface area contributed by atoms with Gasteiger partial charge in [-0.2, -0.15) is 4.98 Å². The lowest BCUT2D eigenvalue weighted by Crippen LogP contribution is -2.23. The molecule has 3 aromatic heterocycles. The van der Waals surface area contributed by atoms with Crippen LogP contribution in [0.15, 0.2) is 35.8 Å². The summed E-state index contributed by atoms with van der Waals surface area (Å²) in [6, 6.07) is 7.69. The summed E-state index contributed by atoms with van der Waals surface area (Å²) in [5.41, 5.74) is 0.450. The van der Waals surface area contributed by atoms with Gasteiger partial charge in [-0.1, -0.05) is 6.07 Å². The van der Waals surface area contributed by atoms with E-state index in [9.17, 15) is 0 Å². The second-order valence-corrected chi connectivity index (χ2v) is 6.32. The molecule has 0 saturated carbocycles. The molecule has 0 aliphatic rings. The number of pyridine rings is 1. The smallest absolute Gasteiger partial charge is 0.226 e. The zero-order valence-electron chi connectivity index (χ0n) is 11.6. The highest BCUT2D eigenvalue weighted by Crippen LogP contribution is 2.31. The zero-order valence-corrected chi connectivity index (χ0v) is 12.4. The molecule has 0 spiro atoms. The average molecular weight is 285 g/mol. The van der Waals surface area contributed by atoms with Gasteiger partial charge in [0.2, 0.25) is 5.88 Å². The van der Waals surface area contributed by atoms with Crippen LogP contribution in [0, 0.1) is 0 Å². The maximum absolute atomic E-state index is 5.96. The largest absolute Gasteiger partial charge is 0.471 e. The lowest BCUT2D eigenvalue weighted by Gasteiger charge is -2.21. The van der Waals surface area contributed by atoms with Crippen molar-refractivity contribution in [1.82, 2.24) is 15.0 Å². The summed E-state index contributed by atoms with van der Waals surface area (Å²) in [5, 5.41) is 2.95. The molecule has 0 bridgehead atoms. The van der Waals surface area contributed by atoms with Crippen LogP contribution in [0.5, 0.6) is 5.88 Å². The van der Waals surface area contributed by atoms with Crippen molar-refractivity contribution in [2.45, 2.75) is 26.4 Å². The van der Waals surface area contributed by atoms with Crippen LogP contribution in [0.2, 0.25) is 0 Å². The molecule has 0 saturated heterocycles. The van der Waals surface area contributed by atoms with Crippen molar-refractivity contribution >= 4 is 21.6 Å². The standard InChI is InChI=1S/C15H15N3OS/c1-15(2,3)19-13-10-7-9-20-14(10)18-12(17-13)11-6-4-5-8-16-11/h4-9H,1-3H3. The van der Waals surface area contributed by atoms with Gasteiger partial charge in [0.05, 0.1) is 5.39 Å². The quantitative estimate of drug-likeness (QED) is 0.715. The molecule has 20 heavy (non-hydrogen) atoms. The van der Waals surface area contributed by atoms with Gasteiger partial charge in [0.15, 0.2) is 5.82 Å². The molecule has 0 amide bonds. The Morgan fingerprint density at radius 1 is 1.10 bits per heavy atom. The predicted molar refractivity (Wildman–Crippen MR) is 81.0 cm³/mol. The first-order valence-corrected chi connectivity index (χ1v) is 7.26. The average Bonchev–Trinajstić information content (AvgIpc) is 2.86. The third-order valence-electron chi connectivity index (χ3n) is 2.59. The summed E-state index contributed by atoms with van der Waals surface area (Å²) in [6.45, 7) is 6.02. The Kier molecular flexibility index (Phi) is 3.14. The summed E-state index contributed by atoms with van der Waals surface area (Å²) in [5.74, 6) is 1.21. The molecule has 0 aliphatic carbocycles. The number of thiophene rings is 1. The van der Waals surface area contributed by atoms with E-state index in [1.807, 2.05) is 50.4 Å². The number of rotatable bonds is 2. The molecule has 0 N–H and O–H groups in total. The van der Waals surface area contributed by atoms with Gasteiger partial charge in [0, 0.05) is 6.20 Å². The number of nitrogens with zero attached hydrogens (tertiary/aromatic N) is 3. The van der Waals surface area contributed by atoms with Gasteiger partial charge in [0.1, 0.15) is 16.1 Å². The number of hydrogen-bond donors (Lipinski definition) is 0. The Morgan fingerprint density at radius 2 is 1.95 bits per heavy atom. The van der Waals surface area contributed by atoms with E-state index in [0.29, 0.717) is 11.7 Å². The summed E-state index contributed by atoms with van der Waals surface area (Å²) in [6.07, 6.45) is 1.74. The van der Waals surface area contributed by atoms with E-state index in [1.165, 1.54) is 0 Å². The Labute approximate surface area is 121 Å². The predicted octanol–water partition coefficient (Wildman–Crippen LogP) is 3.93. The van der Waals surface area contributed by atoms with E-state index in [2.05, 4.69) is 15.0 Å². The fourth-order valence-corrected chi connectivity index (χ4v) is 2.56. The number of ether oxygens (including phenoxy) is 1. The normalized spacial score (nSPS) is 11.8. The Balaban J connectivity index is 2.16. The minimum absolute atomic E-state index is 0.301. The molecule has 0 radical (unpaired) electrons.